The monoisotopic (exact) mass is 300 g/mol. The Bertz CT molecular complexity index is 603. The van der Waals surface area contributed by atoms with Gasteiger partial charge in [-0.05, 0) is 39.3 Å². The summed E-state index contributed by atoms with van der Waals surface area (Å²) >= 11 is 0. The van der Waals surface area contributed by atoms with Gasteiger partial charge in [0.2, 0.25) is 0 Å². The third-order valence-electron chi connectivity index (χ3n) is 3.89. The SMILES string of the molecule is CC(C)(C)n1cc(CN2CC[C@@H](Oc3ccccc3)C2)nn1. The molecule has 0 bridgehead atoms. The molecule has 1 aromatic carbocycles. The molecule has 118 valence electrons. The van der Waals surface area contributed by atoms with Crippen LogP contribution in [0.2, 0.25) is 0 Å². The zero-order valence-corrected chi connectivity index (χ0v) is 13.6. The van der Waals surface area contributed by atoms with Gasteiger partial charge in [0.05, 0.1) is 17.4 Å². The number of hydrogen-bond acceptors (Lipinski definition) is 4. The number of hydrogen-bond donors (Lipinski definition) is 0. The molecular weight excluding hydrogens is 276 g/mol. The summed E-state index contributed by atoms with van der Waals surface area (Å²) in [5, 5.41) is 8.51. The van der Waals surface area contributed by atoms with Crippen molar-refractivity contribution in [3.63, 3.8) is 0 Å². The number of nitrogens with zero attached hydrogens (tertiary/aromatic N) is 4. The summed E-state index contributed by atoms with van der Waals surface area (Å²) in [6, 6.07) is 10.0. The third kappa shape index (κ3) is 3.65. The molecule has 1 fully saturated rings. The second-order valence-corrected chi connectivity index (χ2v) is 6.90. The molecule has 0 unspecified atom stereocenters. The molecule has 0 radical (unpaired) electrons. The van der Waals surface area contributed by atoms with E-state index in [0.717, 1.165) is 37.5 Å². The second-order valence-electron chi connectivity index (χ2n) is 6.90. The molecule has 3 rings (SSSR count). The summed E-state index contributed by atoms with van der Waals surface area (Å²) in [6.45, 7) is 9.21. The van der Waals surface area contributed by atoms with Gasteiger partial charge in [0.25, 0.3) is 0 Å². The van der Waals surface area contributed by atoms with Gasteiger partial charge in [-0.1, -0.05) is 23.4 Å². The molecule has 0 saturated carbocycles. The summed E-state index contributed by atoms with van der Waals surface area (Å²) in [5.74, 6) is 0.952. The van der Waals surface area contributed by atoms with Gasteiger partial charge in [-0.15, -0.1) is 5.10 Å². The van der Waals surface area contributed by atoms with E-state index >= 15 is 0 Å². The van der Waals surface area contributed by atoms with E-state index in [2.05, 4.69) is 36.0 Å². The molecule has 1 aliphatic rings. The van der Waals surface area contributed by atoms with Gasteiger partial charge in [-0.25, -0.2) is 4.68 Å². The van der Waals surface area contributed by atoms with Crippen LogP contribution in [0.15, 0.2) is 36.5 Å². The summed E-state index contributed by atoms with van der Waals surface area (Å²) in [7, 11) is 0. The van der Waals surface area contributed by atoms with Crippen LogP contribution in [0, 0.1) is 0 Å². The fourth-order valence-corrected chi connectivity index (χ4v) is 2.66. The quantitative estimate of drug-likeness (QED) is 0.871. The van der Waals surface area contributed by atoms with E-state index in [-0.39, 0.29) is 11.6 Å². The van der Waals surface area contributed by atoms with E-state index < -0.39 is 0 Å². The number of para-hydroxylation sites is 1. The molecule has 0 amide bonds. The van der Waals surface area contributed by atoms with Crippen molar-refractivity contribution in [2.45, 2.75) is 45.4 Å². The predicted molar refractivity (Wildman–Crippen MR) is 85.8 cm³/mol. The molecule has 5 heteroatoms. The van der Waals surface area contributed by atoms with Crippen molar-refractivity contribution in [2.24, 2.45) is 0 Å². The zero-order chi connectivity index (χ0) is 15.6. The Hall–Kier alpha value is -1.88. The van der Waals surface area contributed by atoms with Crippen LogP contribution in [0.1, 0.15) is 32.9 Å². The lowest BCUT2D eigenvalue weighted by Gasteiger charge is -2.18. The van der Waals surface area contributed by atoms with Gasteiger partial charge < -0.3 is 4.74 Å². The second kappa shape index (κ2) is 6.08. The Morgan fingerprint density at radius 3 is 2.68 bits per heavy atom. The molecule has 0 aliphatic carbocycles. The maximum atomic E-state index is 6.02. The topological polar surface area (TPSA) is 43.2 Å². The van der Waals surface area contributed by atoms with E-state index in [1.165, 1.54) is 0 Å². The first kappa shape index (κ1) is 15.0. The van der Waals surface area contributed by atoms with Gasteiger partial charge in [0, 0.05) is 19.6 Å². The Labute approximate surface area is 131 Å². The summed E-state index contributed by atoms with van der Waals surface area (Å²) in [6.07, 6.45) is 3.37. The Balaban J connectivity index is 1.54. The first-order valence-electron chi connectivity index (χ1n) is 7.86. The van der Waals surface area contributed by atoms with Crippen LogP contribution >= 0.6 is 0 Å². The van der Waals surface area contributed by atoms with Crippen molar-refractivity contribution in [2.75, 3.05) is 13.1 Å². The molecule has 1 aliphatic heterocycles. The molecule has 1 atom stereocenters. The Kier molecular flexibility index (Phi) is 4.16. The highest BCUT2D eigenvalue weighted by molar-refractivity contribution is 5.21. The van der Waals surface area contributed by atoms with Crippen LogP contribution in [0.5, 0.6) is 5.75 Å². The minimum Gasteiger partial charge on any atom is -0.489 e. The normalized spacial score (nSPS) is 19.5. The largest absolute Gasteiger partial charge is 0.489 e. The molecule has 1 saturated heterocycles. The number of aromatic nitrogens is 3. The minimum atomic E-state index is -0.0186. The fraction of sp³-hybridized carbons (Fsp3) is 0.529. The third-order valence-corrected chi connectivity index (χ3v) is 3.89. The van der Waals surface area contributed by atoms with E-state index in [4.69, 9.17) is 4.74 Å². The van der Waals surface area contributed by atoms with E-state index in [9.17, 15) is 0 Å². The van der Waals surface area contributed by atoms with Crippen molar-refractivity contribution in [3.05, 3.63) is 42.2 Å². The van der Waals surface area contributed by atoms with Crippen molar-refractivity contribution >= 4 is 0 Å². The maximum Gasteiger partial charge on any atom is 0.119 e. The molecule has 5 nitrogen and oxygen atoms in total. The summed E-state index contributed by atoms with van der Waals surface area (Å²) < 4.78 is 7.95. The first-order valence-corrected chi connectivity index (χ1v) is 7.86. The van der Waals surface area contributed by atoms with Crippen LogP contribution in [-0.2, 0) is 12.1 Å². The van der Waals surface area contributed by atoms with Crippen LogP contribution in [0.25, 0.3) is 0 Å². The van der Waals surface area contributed by atoms with E-state index in [0.29, 0.717) is 0 Å². The highest BCUT2D eigenvalue weighted by Gasteiger charge is 2.25. The number of rotatable bonds is 4. The van der Waals surface area contributed by atoms with Gasteiger partial charge in [0.1, 0.15) is 11.9 Å². The first-order chi connectivity index (χ1) is 10.5. The van der Waals surface area contributed by atoms with Gasteiger partial charge in [0.15, 0.2) is 0 Å². The van der Waals surface area contributed by atoms with Crippen LogP contribution in [0.4, 0.5) is 0 Å². The number of ether oxygens (including phenoxy) is 1. The number of benzene rings is 1. The lowest BCUT2D eigenvalue weighted by atomic mass is 10.1. The molecule has 0 spiro atoms. The van der Waals surface area contributed by atoms with Gasteiger partial charge in [-0.2, -0.15) is 0 Å². The Morgan fingerprint density at radius 2 is 2.00 bits per heavy atom. The maximum absolute atomic E-state index is 6.02. The van der Waals surface area contributed by atoms with Crippen LogP contribution < -0.4 is 4.74 Å². The Morgan fingerprint density at radius 1 is 1.23 bits per heavy atom. The van der Waals surface area contributed by atoms with Crippen molar-refractivity contribution in [1.82, 2.24) is 19.9 Å². The minimum absolute atomic E-state index is 0.0186. The molecule has 0 N–H and O–H groups in total. The van der Waals surface area contributed by atoms with Crippen molar-refractivity contribution < 1.29 is 4.74 Å². The smallest absolute Gasteiger partial charge is 0.119 e. The highest BCUT2D eigenvalue weighted by atomic mass is 16.5. The number of likely N-dealkylation sites (tertiary alicyclic amines) is 1. The predicted octanol–water partition coefficient (Wildman–Crippen LogP) is 2.69. The lowest BCUT2D eigenvalue weighted by Crippen LogP contribution is -2.25. The fourth-order valence-electron chi connectivity index (χ4n) is 2.66. The average Bonchev–Trinajstić information content (AvgIpc) is 3.10. The average molecular weight is 300 g/mol. The summed E-state index contributed by atoms with van der Waals surface area (Å²) in [4.78, 5) is 2.38. The van der Waals surface area contributed by atoms with E-state index in [1.54, 1.807) is 0 Å². The molecule has 1 aromatic heterocycles. The molecule has 22 heavy (non-hydrogen) atoms. The molecular formula is C17H24N4O. The standard InChI is InChI=1S/C17H24N4O/c1-17(2,3)21-12-14(18-19-21)11-20-10-9-16(13-20)22-15-7-5-4-6-8-15/h4-8,12,16H,9-11,13H2,1-3H3/t16-/m1/s1. The van der Waals surface area contributed by atoms with Crippen LogP contribution in [-0.4, -0.2) is 39.1 Å². The van der Waals surface area contributed by atoms with Crippen molar-refractivity contribution in [1.29, 1.82) is 0 Å². The van der Waals surface area contributed by atoms with E-state index in [1.807, 2.05) is 41.2 Å². The lowest BCUT2D eigenvalue weighted by molar-refractivity contribution is 0.198. The molecule has 2 heterocycles. The zero-order valence-electron chi connectivity index (χ0n) is 13.6. The highest BCUT2D eigenvalue weighted by Crippen LogP contribution is 2.19. The van der Waals surface area contributed by atoms with Gasteiger partial charge in [-0.3, -0.25) is 4.90 Å². The summed E-state index contributed by atoms with van der Waals surface area (Å²) in [5.41, 5.74) is 1.00. The van der Waals surface area contributed by atoms with Gasteiger partial charge >= 0.3 is 0 Å². The molecule has 2 aromatic rings. The van der Waals surface area contributed by atoms with Crippen LogP contribution in [0.3, 0.4) is 0 Å². The van der Waals surface area contributed by atoms with Crippen molar-refractivity contribution in [3.8, 4) is 5.75 Å².